The molecule has 82 valence electrons. The number of hydrogen-bond donors (Lipinski definition) is 3. The second-order valence-corrected chi connectivity index (χ2v) is 2.88. The van der Waals surface area contributed by atoms with E-state index in [1.807, 2.05) is 0 Å². The summed E-state index contributed by atoms with van der Waals surface area (Å²) in [7, 11) is 0. The van der Waals surface area contributed by atoms with Crippen LogP contribution in [-0.4, -0.2) is 59.8 Å². The van der Waals surface area contributed by atoms with Gasteiger partial charge in [-0.1, -0.05) is 0 Å². The highest BCUT2D eigenvalue weighted by Gasteiger charge is 2.08. The number of hydrogen-bond acceptors (Lipinski definition) is 4. The highest BCUT2D eigenvalue weighted by Crippen LogP contribution is 1.86. The van der Waals surface area contributed by atoms with Crippen molar-refractivity contribution in [3.63, 3.8) is 0 Å². The van der Waals surface area contributed by atoms with Crippen LogP contribution >= 0.6 is 0 Å². The lowest BCUT2D eigenvalue weighted by molar-refractivity contribution is -0.138. The largest absolute Gasteiger partial charge is 0.480 e. The molecule has 0 unspecified atom stereocenters. The second-order valence-electron chi connectivity index (χ2n) is 2.88. The van der Waals surface area contributed by atoms with E-state index in [1.54, 1.807) is 4.90 Å². The smallest absolute Gasteiger partial charge is 0.317 e. The Morgan fingerprint density at radius 1 is 1.36 bits per heavy atom. The molecule has 3 N–H and O–H groups in total. The van der Waals surface area contributed by atoms with Gasteiger partial charge < -0.3 is 15.5 Å². The molecule has 6 nitrogen and oxygen atoms in total. The Morgan fingerprint density at radius 2 is 2.00 bits per heavy atom. The van der Waals surface area contributed by atoms with Crippen molar-refractivity contribution in [2.75, 3.05) is 32.8 Å². The first-order valence-electron chi connectivity index (χ1n) is 4.35. The first-order valence-corrected chi connectivity index (χ1v) is 4.35. The van der Waals surface area contributed by atoms with E-state index in [4.69, 9.17) is 10.2 Å². The molecule has 0 rings (SSSR count). The number of aliphatic carboxylic acids is 1. The van der Waals surface area contributed by atoms with Crippen LogP contribution in [0.3, 0.4) is 0 Å². The minimum Gasteiger partial charge on any atom is -0.480 e. The minimum absolute atomic E-state index is 0.0899. The summed E-state index contributed by atoms with van der Waals surface area (Å²) in [5.41, 5.74) is 0. The normalized spacial score (nSPS) is 10.2. The molecule has 0 bridgehead atoms. The highest BCUT2D eigenvalue weighted by molar-refractivity contribution is 5.72. The zero-order chi connectivity index (χ0) is 11.0. The van der Waals surface area contributed by atoms with Crippen LogP contribution in [0, 0.1) is 0 Å². The monoisotopic (exact) mass is 204 g/mol. The van der Waals surface area contributed by atoms with Gasteiger partial charge in [-0.25, -0.2) is 0 Å². The van der Waals surface area contributed by atoms with Gasteiger partial charge in [0, 0.05) is 26.6 Å². The molecule has 0 aliphatic carbocycles. The molecule has 6 heteroatoms. The Labute approximate surface area is 82.5 Å². The van der Waals surface area contributed by atoms with Gasteiger partial charge in [0.15, 0.2) is 0 Å². The molecule has 0 aromatic rings. The first kappa shape index (κ1) is 12.9. The number of carbonyl (C=O) groups excluding carboxylic acids is 1. The van der Waals surface area contributed by atoms with Crippen molar-refractivity contribution in [3.8, 4) is 0 Å². The van der Waals surface area contributed by atoms with Gasteiger partial charge in [0.2, 0.25) is 5.91 Å². The van der Waals surface area contributed by atoms with Crippen molar-refractivity contribution >= 4 is 11.9 Å². The van der Waals surface area contributed by atoms with E-state index < -0.39 is 5.97 Å². The number of amides is 1. The lowest BCUT2D eigenvalue weighted by Gasteiger charge is -2.18. The molecule has 0 heterocycles. The summed E-state index contributed by atoms with van der Waals surface area (Å²) in [6.45, 7) is 2.29. The average Bonchev–Trinajstić information content (AvgIpc) is 2.02. The molecule has 0 spiro atoms. The number of aliphatic hydroxyl groups excluding tert-OH is 1. The summed E-state index contributed by atoms with van der Waals surface area (Å²) in [5.74, 6) is -1.09. The Morgan fingerprint density at radius 3 is 2.43 bits per heavy atom. The predicted molar refractivity (Wildman–Crippen MR) is 49.8 cm³/mol. The topological polar surface area (TPSA) is 89.9 Å². The SMILES string of the molecule is CC(=O)NCCN(CCO)CC(=O)O. The number of rotatable bonds is 7. The maximum absolute atomic E-state index is 10.5. The fourth-order valence-corrected chi connectivity index (χ4v) is 0.993. The third-order valence-electron chi connectivity index (χ3n) is 1.58. The number of nitrogens with one attached hydrogen (secondary N) is 1. The van der Waals surface area contributed by atoms with E-state index in [9.17, 15) is 9.59 Å². The molecule has 0 atom stereocenters. The minimum atomic E-state index is -0.943. The van der Waals surface area contributed by atoms with E-state index >= 15 is 0 Å². The van der Waals surface area contributed by atoms with E-state index in [0.29, 0.717) is 19.6 Å². The second kappa shape index (κ2) is 7.28. The summed E-state index contributed by atoms with van der Waals surface area (Å²) in [6, 6.07) is 0. The Bertz CT molecular complexity index is 196. The summed E-state index contributed by atoms with van der Waals surface area (Å²) in [5, 5.41) is 19.7. The van der Waals surface area contributed by atoms with Gasteiger partial charge in [-0.05, 0) is 0 Å². The molecule has 0 saturated carbocycles. The zero-order valence-corrected chi connectivity index (χ0v) is 8.19. The van der Waals surface area contributed by atoms with Crippen molar-refractivity contribution in [2.24, 2.45) is 0 Å². The lowest BCUT2D eigenvalue weighted by atomic mass is 10.4. The summed E-state index contributed by atoms with van der Waals surface area (Å²) in [4.78, 5) is 22.4. The lowest BCUT2D eigenvalue weighted by Crippen LogP contribution is -2.38. The van der Waals surface area contributed by atoms with E-state index in [1.165, 1.54) is 6.92 Å². The Kier molecular flexibility index (Phi) is 6.69. The number of carbonyl (C=O) groups is 2. The van der Waals surface area contributed by atoms with Gasteiger partial charge in [-0.2, -0.15) is 0 Å². The summed E-state index contributed by atoms with van der Waals surface area (Å²) < 4.78 is 0. The van der Waals surface area contributed by atoms with Crippen LogP contribution in [0.5, 0.6) is 0 Å². The fourth-order valence-electron chi connectivity index (χ4n) is 0.993. The van der Waals surface area contributed by atoms with Crippen LogP contribution in [0.4, 0.5) is 0 Å². The molecule has 0 aliphatic rings. The van der Waals surface area contributed by atoms with Crippen molar-refractivity contribution in [2.45, 2.75) is 6.92 Å². The highest BCUT2D eigenvalue weighted by atomic mass is 16.4. The van der Waals surface area contributed by atoms with Crippen LogP contribution in [0.15, 0.2) is 0 Å². The molecule has 1 amide bonds. The quantitative estimate of drug-likeness (QED) is 0.469. The molecule has 0 radical (unpaired) electrons. The molecular weight excluding hydrogens is 188 g/mol. The third kappa shape index (κ3) is 7.51. The molecular formula is C8H16N2O4. The van der Waals surface area contributed by atoms with Gasteiger partial charge in [-0.15, -0.1) is 0 Å². The average molecular weight is 204 g/mol. The Hall–Kier alpha value is -1.14. The van der Waals surface area contributed by atoms with Gasteiger partial charge >= 0.3 is 5.97 Å². The standard InChI is InChI=1S/C8H16N2O4/c1-7(12)9-2-3-10(4-5-11)6-8(13)14/h11H,2-6H2,1H3,(H,9,12)(H,13,14). The van der Waals surface area contributed by atoms with Crippen molar-refractivity contribution in [1.82, 2.24) is 10.2 Å². The molecule has 0 aliphatic heterocycles. The number of nitrogens with zero attached hydrogens (tertiary/aromatic N) is 1. The van der Waals surface area contributed by atoms with Crippen LogP contribution < -0.4 is 5.32 Å². The fraction of sp³-hybridized carbons (Fsp3) is 0.750. The molecule has 0 fully saturated rings. The zero-order valence-electron chi connectivity index (χ0n) is 8.19. The molecule has 14 heavy (non-hydrogen) atoms. The van der Waals surface area contributed by atoms with Gasteiger partial charge in [0.1, 0.15) is 0 Å². The predicted octanol–water partition coefficient (Wildman–Crippen LogP) is -1.50. The number of carboxylic acid groups (broad SMARTS) is 1. The molecule has 0 saturated heterocycles. The number of aliphatic hydroxyl groups is 1. The first-order chi connectivity index (χ1) is 6.56. The van der Waals surface area contributed by atoms with E-state index in [0.717, 1.165) is 0 Å². The van der Waals surface area contributed by atoms with E-state index in [-0.39, 0.29) is 19.1 Å². The van der Waals surface area contributed by atoms with Gasteiger partial charge in [0.05, 0.1) is 13.2 Å². The maximum Gasteiger partial charge on any atom is 0.317 e. The summed E-state index contributed by atoms with van der Waals surface area (Å²) in [6.07, 6.45) is 0. The van der Waals surface area contributed by atoms with Crippen LogP contribution in [0.2, 0.25) is 0 Å². The number of carboxylic acids is 1. The Balaban J connectivity index is 3.72. The van der Waals surface area contributed by atoms with Gasteiger partial charge in [0.25, 0.3) is 0 Å². The molecule has 0 aromatic carbocycles. The van der Waals surface area contributed by atoms with Crippen LogP contribution in [0.25, 0.3) is 0 Å². The van der Waals surface area contributed by atoms with Crippen LogP contribution in [0.1, 0.15) is 6.92 Å². The van der Waals surface area contributed by atoms with Gasteiger partial charge in [-0.3, -0.25) is 14.5 Å². The van der Waals surface area contributed by atoms with Crippen molar-refractivity contribution in [3.05, 3.63) is 0 Å². The third-order valence-corrected chi connectivity index (χ3v) is 1.58. The van der Waals surface area contributed by atoms with Crippen LogP contribution in [-0.2, 0) is 9.59 Å². The maximum atomic E-state index is 10.5. The van der Waals surface area contributed by atoms with Crippen molar-refractivity contribution in [1.29, 1.82) is 0 Å². The molecule has 0 aromatic heterocycles. The summed E-state index contributed by atoms with van der Waals surface area (Å²) >= 11 is 0. The van der Waals surface area contributed by atoms with Crippen molar-refractivity contribution < 1.29 is 19.8 Å². The van der Waals surface area contributed by atoms with E-state index in [2.05, 4.69) is 5.32 Å².